The minimum Gasteiger partial charge on any atom is -0.385 e. The van der Waals surface area contributed by atoms with Crippen molar-refractivity contribution in [3.63, 3.8) is 0 Å². The largest absolute Gasteiger partial charge is 0.385 e. The van der Waals surface area contributed by atoms with Crippen molar-refractivity contribution in [1.29, 1.82) is 0 Å². The van der Waals surface area contributed by atoms with Gasteiger partial charge in [0.15, 0.2) is 0 Å². The molecule has 0 saturated carbocycles. The molecule has 0 radical (unpaired) electrons. The van der Waals surface area contributed by atoms with Gasteiger partial charge in [0.25, 0.3) is 0 Å². The third kappa shape index (κ3) is 4.05. The standard InChI is InChI=1S/C14H22N2O3S2/c1-11(20(2)17)8-10-16-21(18,19)14-7-3-6-13-12(14)5-4-9-15-13/h3,6-7,11,15-16H,4-5,8-10H2,1-2H3. The summed E-state index contributed by atoms with van der Waals surface area (Å²) < 4.78 is 38.8. The first-order chi connectivity index (χ1) is 9.92. The van der Waals surface area contributed by atoms with Crippen molar-refractivity contribution in [2.24, 2.45) is 0 Å². The van der Waals surface area contributed by atoms with Gasteiger partial charge in [-0.05, 0) is 37.0 Å². The molecule has 2 unspecified atom stereocenters. The Hall–Kier alpha value is -0.920. The van der Waals surface area contributed by atoms with Crippen molar-refractivity contribution < 1.29 is 12.6 Å². The van der Waals surface area contributed by atoms with Crippen molar-refractivity contribution in [3.05, 3.63) is 23.8 Å². The van der Waals surface area contributed by atoms with Gasteiger partial charge in [-0.3, -0.25) is 4.21 Å². The van der Waals surface area contributed by atoms with Crippen LogP contribution in [0.3, 0.4) is 0 Å². The van der Waals surface area contributed by atoms with Crippen LogP contribution in [0.1, 0.15) is 25.3 Å². The van der Waals surface area contributed by atoms with E-state index in [9.17, 15) is 12.6 Å². The second kappa shape index (κ2) is 6.89. The lowest BCUT2D eigenvalue weighted by molar-refractivity contribution is 0.576. The molecule has 2 N–H and O–H groups in total. The molecule has 2 atom stereocenters. The van der Waals surface area contributed by atoms with Crippen LogP contribution in [0.15, 0.2) is 23.1 Å². The molecule has 0 saturated heterocycles. The van der Waals surface area contributed by atoms with Crippen molar-refractivity contribution in [2.75, 3.05) is 24.7 Å². The first-order valence-electron chi connectivity index (χ1n) is 7.09. The molecule has 21 heavy (non-hydrogen) atoms. The van der Waals surface area contributed by atoms with Crippen LogP contribution in [0.4, 0.5) is 5.69 Å². The average molecular weight is 330 g/mol. The maximum atomic E-state index is 12.4. The van der Waals surface area contributed by atoms with Gasteiger partial charge in [-0.1, -0.05) is 13.0 Å². The lowest BCUT2D eigenvalue weighted by atomic mass is 10.0. The number of fused-ring (bicyclic) bond motifs is 1. The molecule has 2 rings (SSSR count). The molecular formula is C14H22N2O3S2. The molecule has 1 aromatic rings. The lowest BCUT2D eigenvalue weighted by Gasteiger charge is -2.21. The van der Waals surface area contributed by atoms with Gasteiger partial charge in [-0.2, -0.15) is 0 Å². The van der Waals surface area contributed by atoms with E-state index in [1.807, 2.05) is 13.0 Å². The molecule has 1 aromatic carbocycles. The van der Waals surface area contributed by atoms with Gasteiger partial charge in [-0.15, -0.1) is 0 Å². The zero-order chi connectivity index (χ0) is 15.5. The third-order valence-corrected chi connectivity index (χ3v) is 6.67. The molecule has 0 bridgehead atoms. The molecule has 5 nitrogen and oxygen atoms in total. The van der Waals surface area contributed by atoms with Crippen molar-refractivity contribution in [2.45, 2.75) is 36.3 Å². The highest BCUT2D eigenvalue weighted by atomic mass is 32.2. The number of benzene rings is 1. The Balaban J connectivity index is 2.11. The lowest BCUT2D eigenvalue weighted by Crippen LogP contribution is -2.29. The van der Waals surface area contributed by atoms with Crippen molar-refractivity contribution in [1.82, 2.24) is 4.72 Å². The molecule has 0 aromatic heterocycles. The molecule has 118 valence electrons. The number of rotatable bonds is 6. The Bertz CT molecular complexity index is 629. The summed E-state index contributed by atoms with van der Waals surface area (Å²) in [6.45, 7) is 3.04. The van der Waals surface area contributed by atoms with Gasteiger partial charge in [0.2, 0.25) is 10.0 Å². The van der Waals surface area contributed by atoms with Gasteiger partial charge in [0.05, 0.1) is 4.90 Å². The number of hydrogen-bond acceptors (Lipinski definition) is 4. The molecule has 7 heteroatoms. The number of anilines is 1. The van der Waals surface area contributed by atoms with E-state index in [1.54, 1.807) is 18.4 Å². The molecule has 1 aliphatic rings. The summed E-state index contributed by atoms with van der Waals surface area (Å²) in [6.07, 6.45) is 3.91. The Morgan fingerprint density at radius 1 is 1.43 bits per heavy atom. The molecule has 1 aliphatic heterocycles. The van der Waals surface area contributed by atoms with E-state index in [2.05, 4.69) is 10.0 Å². The van der Waals surface area contributed by atoms with Crippen LogP contribution in [0.2, 0.25) is 0 Å². The van der Waals surface area contributed by atoms with E-state index >= 15 is 0 Å². The maximum Gasteiger partial charge on any atom is 0.240 e. The van der Waals surface area contributed by atoms with Crippen LogP contribution in [0, 0.1) is 0 Å². The van der Waals surface area contributed by atoms with Crippen molar-refractivity contribution in [3.8, 4) is 0 Å². The predicted octanol–water partition coefficient (Wildman–Crippen LogP) is 1.48. The highest BCUT2D eigenvalue weighted by Crippen LogP contribution is 2.28. The number of hydrogen-bond donors (Lipinski definition) is 2. The topological polar surface area (TPSA) is 75.3 Å². The van der Waals surface area contributed by atoms with Crippen LogP contribution < -0.4 is 10.0 Å². The van der Waals surface area contributed by atoms with E-state index in [0.29, 0.717) is 17.9 Å². The average Bonchev–Trinajstić information content (AvgIpc) is 2.46. The van der Waals surface area contributed by atoms with E-state index in [4.69, 9.17) is 0 Å². The summed E-state index contributed by atoms with van der Waals surface area (Å²) in [4.78, 5) is 0.359. The van der Waals surface area contributed by atoms with E-state index in [1.165, 1.54) is 0 Å². The van der Waals surface area contributed by atoms with E-state index < -0.39 is 20.8 Å². The SMILES string of the molecule is CC(CCNS(=O)(=O)c1cccc2c1CCCN2)S(C)=O. The van der Waals surface area contributed by atoms with Crippen LogP contribution in [-0.4, -0.2) is 37.2 Å². The van der Waals surface area contributed by atoms with Crippen LogP contribution in [0.25, 0.3) is 0 Å². The highest BCUT2D eigenvalue weighted by molar-refractivity contribution is 7.89. The Morgan fingerprint density at radius 2 is 2.19 bits per heavy atom. The predicted molar refractivity (Wildman–Crippen MR) is 86.6 cm³/mol. The first kappa shape index (κ1) is 16.5. The fourth-order valence-electron chi connectivity index (χ4n) is 2.37. The highest BCUT2D eigenvalue weighted by Gasteiger charge is 2.22. The third-order valence-electron chi connectivity index (χ3n) is 3.75. The zero-order valence-corrected chi connectivity index (χ0v) is 14.0. The molecular weight excluding hydrogens is 308 g/mol. The van der Waals surface area contributed by atoms with Gasteiger partial charge < -0.3 is 5.32 Å². The van der Waals surface area contributed by atoms with E-state index in [-0.39, 0.29) is 5.25 Å². The molecule has 0 amide bonds. The van der Waals surface area contributed by atoms with Crippen molar-refractivity contribution >= 4 is 26.5 Å². The monoisotopic (exact) mass is 330 g/mol. The second-order valence-corrected chi connectivity index (χ2v) is 8.85. The summed E-state index contributed by atoms with van der Waals surface area (Å²) in [5.74, 6) is 0. The quantitative estimate of drug-likeness (QED) is 0.828. The van der Waals surface area contributed by atoms with E-state index in [0.717, 1.165) is 30.6 Å². The number of sulfonamides is 1. The maximum absolute atomic E-state index is 12.4. The summed E-state index contributed by atoms with van der Waals surface area (Å²) in [5.41, 5.74) is 1.77. The van der Waals surface area contributed by atoms with Crippen LogP contribution in [0.5, 0.6) is 0 Å². The zero-order valence-electron chi connectivity index (χ0n) is 12.4. The van der Waals surface area contributed by atoms with Gasteiger partial charge in [0, 0.05) is 41.1 Å². The van der Waals surface area contributed by atoms with Gasteiger partial charge >= 0.3 is 0 Å². The smallest absolute Gasteiger partial charge is 0.240 e. The summed E-state index contributed by atoms with van der Waals surface area (Å²) >= 11 is 0. The minimum atomic E-state index is -3.51. The Kier molecular flexibility index (Phi) is 5.40. The molecule has 1 heterocycles. The summed E-state index contributed by atoms with van der Waals surface area (Å²) in [5, 5.41) is 3.22. The fourth-order valence-corrected chi connectivity index (χ4v) is 4.16. The summed E-state index contributed by atoms with van der Waals surface area (Å²) in [7, 11) is -4.44. The fraction of sp³-hybridized carbons (Fsp3) is 0.571. The second-order valence-electron chi connectivity index (χ2n) is 5.31. The van der Waals surface area contributed by atoms with Gasteiger partial charge in [0.1, 0.15) is 0 Å². The molecule has 0 fully saturated rings. The summed E-state index contributed by atoms with van der Waals surface area (Å²) in [6, 6.07) is 5.32. The van der Waals surface area contributed by atoms with Gasteiger partial charge in [-0.25, -0.2) is 13.1 Å². The normalized spacial score (nSPS) is 17.6. The van der Waals surface area contributed by atoms with Crippen LogP contribution in [-0.2, 0) is 27.2 Å². The molecule has 0 aliphatic carbocycles. The Labute approximate surface area is 129 Å². The Morgan fingerprint density at radius 3 is 2.90 bits per heavy atom. The first-order valence-corrected chi connectivity index (χ1v) is 10.2. The minimum absolute atomic E-state index is 0.0148. The van der Waals surface area contributed by atoms with Crippen LogP contribution >= 0.6 is 0 Å². The molecule has 0 spiro atoms. The number of nitrogens with one attached hydrogen (secondary N) is 2.